The molecule has 4 heteroatoms. The molecule has 146 valence electrons. The number of para-hydroxylation sites is 1. The van der Waals surface area contributed by atoms with Gasteiger partial charge in [0, 0.05) is 18.8 Å². The summed E-state index contributed by atoms with van der Waals surface area (Å²) in [5.41, 5.74) is 3.59. The summed E-state index contributed by atoms with van der Waals surface area (Å²) in [6.07, 6.45) is 1.31. The highest BCUT2D eigenvalue weighted by molar-refractivity contribution is 5.91. The van der Waals surface area contributed by atoms with E-state index in [9.17, 15) is 10.1 Å². The Bertz CT molecular complexity index is 882. The number of amides is 2. The molecule has 0 bridgehead atoms. The van der Waals surface area contributed by atoms with Crippen molar-refractivity contribution in [1.82, 2.24) is 4.90 Å². The maximum atomic E-state index is 13.0. The SMILES string of the molecule is Cc1cccc(C(C)(C)C)c1NC(=O)N1CCC(C#N)(c2ccccc2)CC1. The number of anilines is 1. The highest BCUT2D eigenvalue weighted by Gasteiger charge is 2.37. The van der Waals surface area contributed by atoms with E-state index in [0.29, 0.717) is 25.9 Å². The summed E-state index contributed by atoms with van der Waals surface area (Å²) >= 11 is 0. The van der Waals surface area contributed by atoms with Crippen LogP contribution >= 0.6 is 0 Å². The van der Waals surface area contributed by atoms with Crippen molar-refractivity contribution >= 4 is 11.7 Å². The number of benzene rings is 2. The third-order valence-electron chi connectivity index (χ3n) is 5.76. The summed E-state index contributed by atoms with van der Waals surface area (Å²) in [4.78, 5) is 14.8. The first-order chi connectivity index (χ1) is 13.3. The highest BCUT2D eigenvalue weighted by Crippen LogP contribution is 2.36. The van der Waals surface area contributed by atoms with E-state index >= 15 is 0 Å². The number of piperidine rings is 1. The molecule has 28 heavy (non-hydrogen) atoms. The molecular formula is C24H29N3O. The molecular weight excluding hydrogens is 346 g/mol. The third kappa shape index (κ3) is 3.89. The highest BCUT2D eigenvalue weighted by atomic mass is 16.2. The standard InChI is InChI=1S/C24H29N3O/c1-18-9-8-12-20(23(2,3)4)21(18)26-22(28)27-15-13-24(17-25,14-16-27)19-10-6-5-7-11-19/h5-12H,13-16H2,1-4H3,(H,26,28). The van der Waals surface area contributed by atoms with E-state index in [-0.39, 0.29) is 11.4 Å². The molecule has 2 aromatic carbocycles. The smallest absolute Gasteiger partial charge is 0.321 e. The maximum Gasteiger partial charge on any atom is 0.321 e. The second kappa shape index (κ2) is 7.67. The zero-order chi connectivity index (χ0) is 20.4. The molecule has 1 N–H and O–H groups in total. The minimum Gasteiger partial charge on any atom is -0.324 e. The topological polar surface area (TPSA) is 56.1 Å². The summed E-state index contributed by atoms with van der Waals surface area (Å²) in [5.74, 6) is 0. The number of hydrogen-bond acceptors (Lipinski definition) is 2. The number of rotatable bonds is 2. The van der Waals surface area contributed by atoms with Crippen LogP contribution in [-0.4, -0.2) is 24.0 Å². The van der Waals surface area contributed by atoms with Crippen molar-refractivity contribution in [2.24, 2.45) is 0 Å². The molecule has 0 spiro atoms. The number of carbonyl (C=O) groups excluding carboxylic acids is 1. The summed E-state index contributed by atoms with van der Waals surface area (Å²) in [7, 11) is 0. The van der Waals surface area contributed by atoms with Gasteiger partial charge in [0.25, 0.3) is 0 Å². The zero-order valence-electron chi connectivity index (χ0n) is 17.2. The van der Waals surface area contributed by atoms with Gasteiger partial charge in [-0.15, -0.1) is 0 Å². The lowest BCUT2D eigenvalue weighted by Crippen LogP contribution is -2.46. The maximum absolute atomic E-state index is 13.0. The van der Waals surface area contributed by atoms with E-state index in [1.165, 1.54) is 0 Å². The molecule has 0 saturated carbocycles. The van der Waals surface area contributed by atoms with Crippen molar-refractivity contribution in [3.8, 4) is 6.07 Å². The molecule has 1 fully saturated rings. The normalized spacial score (nSPS) is 16.3. The molecule has 1 aliphatic rings. The molecule has 2 aromatic rings. The van der Waals surface area contributed by atoms with Crippen LogP contribution in [0.25, 0.3) is 0 Å². The number of hydrogen-bond donors (Lipinski definition) is 1. The lowest BCUT2D eigenvalue weighted by atomic mass is 9.74. The van der Waals surface area contributed by atoms with Crippen LogP contribution in [0.15, 0.2) is 48.5 Å². The molecule has 0 unspecified atom stereocenters. The molecule has 1 saturated heterocycles. The lowest BCUT2D eigenvalue weighted by molar-refractivity contribution is 0.183. The van der Waals surface area contributed by atoms with Gasteiger partial charge < -0.3 is 10.2 Å². The van der Waals surface area contributed by atoms with Crippen LogP contribution < -0.4 is 5.32 Å². The van der Waals surface area contributed by atoms with Gasteiger partial charge in [-0.25, -0.2) is 4.79 Å². The summed E-state index contributed by atoms with van der Waals surface area (Å²) in [6, 6.07) is 18.5. The van der Waals surface area contributed by atoms with E-state index in [1.54, 1.807) is 0 Å². The fourth-order valence-corrected chi connectivity index (χ4v) is 3.96. The molecule has 0 radical (unpaired) electrons. The monoisotopic (exact) mass is 375 g/mol. The van der Waals surface area contributed by atoms with Crippen molar-refractivity contribution in [1.29, 1.82) is 5.26 Å². The van der Waals surface area contributed by atoms with E-state index in [1.807, 2.05) is 54.3 Å². The van der Waals surface area contributed by atoms with Gasteiger partial charge in [-0.05, 0) is 41.9 Å². The first-order valence-corrected chi connectivity index (χ1v) is 9.90. The van der Waals surface area contributed by atoms with Crippen molar-refractivity contribution in [3.63, 3.8) is 0 Å². The van der Waals surface area contributed by atoms with Gasteiger partial charge in [0.2, 0.25) is 0 Å². The van der Waals surface area contributed by atoms with Crippen LogP contribution in [-0.2, 0) is 10.8 Å². The lowest BCUT2D eigenvalue weighted by Gasteiger charge is -2.38. The Labute approximate surface area is 168 Å². The Morgan fingerprint density at radius 2 is 1.71 bits per heavy atom. The van der Waals surface area contributed by atoms with Crippen LogP contribution in [0.5, 0.6) is 0 Å². The van der Waals surface area contributed by atoms with E-state index < -0.39 is 5.41 Å². The fourth-order valence-electron chi connectivity index (χ4n) is 3.96. The van der Waals surface area contributed by atoms with Crippen molar-refractivity contribution in [3.05, 3.63) is 65.2 Å². The molecule has 0 atom stereocenters. The van der Waals surface area contributed by atoms with Crippen LogP contribution in [0.2, 0.25) is 0 Å². The van der Waals surface area contributed by atoms with Crippen LogP contribution in [0, 0.1) is 18.3 Å². The van der Waals surface area contributed by atoms with Gasteiger partial charge in [-0.2, -0.15) is 5.26 Å². The predicted octanol–water partition coefficient (Wildman–Crippen LogP) is 5.38. The molecule has 1 heterocycles. The van der Waals surface area contributed by atoms with Crippen molar-refractivity contribution in [2.75, 3.05) is 18.4 Å². The average Bonchev–Trinajstić information content (AvgIpc) is 2.69. The quantitative estimate of drug-likeness (QED) is 0.766. The molecule has 0 aromatic heterocycles. The van der Waals surface area contributed by atoms with Crippen molar-refractivity contribution < 1.29 is 4.79 Å². The Morgan fingerprint density at radius 3 is 2.29 bits per heavy atom. The Hall–Kier alpha value is -2.80. The van der Waals surface area contributed by atoms with Crippen molar-refractivity contribution in [2.45, 2.75) is 51.4 Å². The molecule has 3 rings (SSSR count). The number of nitrogens with one attached hydrogen (secondary N) is 1. The Balaban J connectivity index is 1.75. The van der Waals surface area contributed by atoms with E-state index in [0.717, 1.165) is 22.4 Å². The summed E-state index contributed by atoms with van der Waals surface area (Å²) < 4.78 is 0. The molecule has 1 aliphatic heterocycles. The van der Waals surface area contributed by atoms with Gasteiger partial charge >= 0.3 is 6.03 Å². The zero-order valence-corrected chi connectivity index (χ0v) is 17.2. The first kappa shape index (κ1) is 19.9. The first-order valence-electron chi connectivity index (χ1n) is 9.90. The minimum atomic E-state index is -0.503. The van der Waals surface area contributed by atoms with Crippen LogP contribution in [0.3, 0.4) is 0 Å². The number of likely N-dealkylation sites (tertiary alicyclic amines) is 1. The van der Waals surface area contributed by atoms with Gasteiger partial charge in [-0.3, -0.25) is 0 Å². The summed E-state index contributed by atoms with van der Waals surface area (Å²) in [5, 5.41) is 13.0. The van der Waals surface area contributed by atoms with E-state index in [2.05, 4.69) is 38.2 Å². The van der Waals surface area contributed by atoms with Gasteiger partial charge in [0.1, 0.15) is 0 Å². The summed E-state index contributed by atoms with van der Waals surface area (Å²) in [6.45, 7) is 9.63. The number of nitrogens with zero attached hydrogens (tertiary/aromatic N) is 2. The molecule has 2 amide bonds. The van der Waals surface area contributed by atoms with Crippen LogP contribution in [0.1, 0.15) is 50.3 Å². The van der Waals surface area contributed by atoms with Gasteiger partial charge in [-0.1, -0.05) is 69.3 Å². The van der Waals surface area contributed by atoms with Gasteiger partial charge in [0.15, 0.2) is 0 Å². The molecule has 0 aliphatic carbocycles. The third-order valence-corrected chi connectivity index (χ3v) is 5.76. The Kier molecular flexibility index (Phi) is 5.47. The number of nitriles is 1. The predicted molar refractivity (Wildman–Crippen MR) is 113 cm³/mol. The fraction of sp³-hybridized carbons (Fsp3) is 0.417. The van der Waals surface area contributed by atoms with E-state index in [4.69, 9.17) is 0 Å². The Morgan fingerprint density at radius 1 is 1.07 bits per heavy atom. The van der Waals surface area contributed by atoms with Gasteiger partial charge in [0.05, 0.1) is 11.5 Å². The average molecular weight is 376 g/mol. The van der Waals surface area contributed by atoms with Crippen LogP contribution in [0.4, 0.5) is 10.5 Å². The largest absolute Gasteiger partial charge is 0.324 e. The number of aryl methyl sites for hydroxylation is 1. The molecule has 4 nitrogen and oxygen atoms in total. The number of carbonyl (C=O) groups is 1. The second-order valence-corrected chi connectivity index (χ2v) is 8.72. The second-order valence-electron chi connectivity index (χ2n) is 8.72. The number of urea groups is 1. The minimum absolute atomic E-state index is 0.0558.